The van der Waals surface area contributed by atoms with Crippen molar-refractivity contribution in [3.8, 4) is 0 Å². The molecule has 1 amide bonds. The van der Waals surface area contributed by atoms with E-state index < -0.39 is 0 Å². The molecule has 27 heavy (non-hydrogen) atoms. The molecule has 0 spiro atoms. The summed E-state index contributed by atoms with van der Waals surface area (Å²) in [4.78, 5) is 15.4. The van der Waals surface area contributed by atoms with E-state index in [1.54, 1.807) is 12.1 Å². The first kappa shape index (κ1) is 18.2. The van der Waals surface area contributed by atoms with E-state index in [0.717, 1.165) is 37.1 Å². The molecule has 2 aromatic rings. The van der Waals surface area contributed by atoms with Gasteiger partial charge in [0.25, 0.3) is 0 Å². The quantitative estimate of drug-likeness (QED) is 0.810. The molecular weight excluding hydrogens is 341 g/mol. The molecule has 2 bridgehead atoms. The van der Waals surface area contributed by atoms with Gasteiger partial charge in [0.1, 0.15) is 5.82 Å². The highest BCUT2D eigenvalue weighted by molar-refractivity contribution is 5.79. The molecule has 0 aliphatic carbocycles. The summed E-state index contributed by atoms with van der Waals surface area (Å²) in [5.74, 6) is 0.423. The summed E-state index contributed by atoms with van der Waals surface area (Å²) in [6.45, 7) is 6.67. The first-order chi connectivity index (χ1) is 12.9. The Morgan fingerprint density at radius 3 is 2.37 bits per heavy atom. The van der Waals surface area contributed by atoms with Crippen LogP contribution < -0.4 is 0 Å². The van der Waals surface area contributed by atoms with Crippen molar-refractivity contribution in [1.82, 2.24) is 14.7 Å². The minimum absolute atomic E-state index is 0.0755. The third-order valence-corrected chi connectivity index (χ3v) is 6.30. The van der Waals surface area contributed by atoms with E-state index in [1.807, 2.05) is 37.6 Å². The van der Waals surface area contributed by atoms with Gasteiger partial charge in [0.2, 0.25) is 5.91 Å². The van der Waals surface area contributed by atoms with Gasteiger partial charge in [-0.1, -0.05) is 19.1 Å². The molecule has 4 nitrogen and oxygen atoms in total. The first-order valence-corrected chi connectivity index (χ1v) is 10.0. The number of carbonyl (C=O) groups is 1. The summed E-state index contributed by atoms with van der Waals surface area (Å²) < 4.78 is 15.2. The van der Waals surface area contributed by atoms with Crippen molar-refractivity contribution < 1.29 is 9.18 Å². The molecule has 2 fully saturated rings. The minimum Gasteiger partial charge on any atom is -0.336 e. The van der Waals surface area contributed by atoms with Crippen LogP contribution in [-0.2, 0) is 11.3 Å². The fourth-order valence-corrected chi connectivity index (χ4v) is 5.00. The molecule has 2 aliphatic rings. The zero-order chi connectivity index (χ0) is 19.1. The Morgan fingerprint density at radius 1 is 1.19 bits per heavy atom. The van der Waals surface area contributed by atoms with Crippen molar-refractivity contribution in [3.63, 3.8) is 0 Å². The second-order valence-corrected chi connectivity index (χ2v) is 8.36. The summed E-state index contributed by atoms with van der Waals surface area (Å²) >= 11 is 0. The predicted octanol–water partition coefficient (Wildman–Crippen LogP) is 4.21. The molecule has 4 atom stereocenters. The fraction of sp³-hybridized carbons (Fsp3) is 0.545. The molecule has 1 aromatic carbocycles. The van der Waals surface area contributed by atoms with E-state index in [4.69, 9.17) is 0 Å². The molecule has 144 valence electrons. The van der Waals surface area contributed by atoms with E-state index in [1.165, 1.54) is 5.56 Å². The summed E-state index contributed by atoms with van der Waals surface area (Å²) in [6, 6.07) is 9.58. The SMILES string of the molecule is Cc1cc(C)n(C[C@H](C)C(=O)N2[C@@H]3CC[C@H]2CC(c2ccc(F)cc2)C3)n1. The molecule has 0 radical (unpaired) electrons. The number of benzene rings is 1. The molecule has 5 heteroatoms. The monoisotopic (exact) mass is 369 g/mol. The number of aryl methyl sites for hydroxylation is 2. The van der Waals surface area contributed by atoms with Gasteiger partial charge in [-0.15, -0.1) is 0 Å². The maximum Gasteiger partial charge on any atom is 0.227 e. The van der Waals surface area contributed by atoms with Crippen molar-refractivity contribution in [1.29, 1.82) is 0 Å². The lowest BCUT2D eigenvalue weighted by atomic mass is 9.84. The van der Waals surface area contributed by atoms with Gasteiger partial charge >= 0.3 is 0 Å². The van der Waals surface area contributed by atoms with Crippen LogP contribution in [0, 0.1) is 25.6 Å². The Bertz CT molecular complexity index is 815. The molecule has 0 N–H and O–H groups in total. The average molecular weight is 369 g/mol. The largest absolute Gasteiger partial charge is 0.336 e. The summed E-state index contributed by atoms with van der Waals surface area (Å²) in [5.41, 5.74) is 3.30. The Hall–Kier alpha value is -2.17. The van der Waals surface area contributed by atoms with Gasteiger partial charge in [-0.3, -0.25) is 9.48 Å². The number of fused-ring (bicyclic) bond motifs is 2. The maximum absolute atomic E-state index is 13.2. The van der Waals surface area contributed by atoms with Crippen LogP contribution in [0.2, 0.25) is 0 Å². The lowest BCUT2D eigenvalue weighted by Crippen LogP contribution is -2.48. The van der Waals surface area contributed by atoms with Gasteiger partial charge in [-0.05, 0) is 69.2 Å². The van der Waals surface area contributed by atoms with Crippen molar-refractivity contribution in [2.24, 2.45) is 5.92 Å². The van der Waals surface area contributed by atoms with Crippen LogP contribution in [-0.4, -0.2) is 32.7 Å². The Balaban J connectivity index is 1.45. The normalized spacial score (nSPS) is 25.6. The standard InChI is InChI=1S/C22H28FN3O/c1-14(13-25-16(3)10-15(2)24-25)22(27)26-20-8-9-21(26)12-18(11-20)17-4-6-19(23)7-5-17/h4-7,10,14,18,20-21H,8-9,11-13H2,1-3H3/t14-,18?,20-,21+/m0/s1. The lowest BCUT2D eigenvalue weighted by molar-refractivity contribution is -0.140. The number of nitrogens with zero attached hydrogens (tertiary/aromatic N) is 3. The smallest absolute Gasteiger partial charge is 0.227 e. The summed E-state index contributed by atoms with van der Waals surface area (Å²) in [7, 11) is 0. The van der Waals surface area contributed by atoms with Crippen LogP contribution in [0.5, 0.6) is 0 Å². The molecular formula is C22H28FN3O. The molecule has 1 unspecified atom stereocenters. The number of amides is 1. The van der Waals surface area contributed by atoms with Gasteiger partial charge in [-0.2, -0.15) is 5.10 Å². The van der Waals surface area contributed by atoms with Crippen LogP contribution in [0.3, 0.4) is 0 Å². The van der Waals surface area contributed by atoms with Gasteiger partial charge in [0.15, 0.2) is 0 Å². The number of rotatable bonds is 4. The van der Waals surface area contributed by atoms with Crippen LogP contribution in [0.25, 0.3) is 0 Å². The number of halogens is 1. The van der Waals surface area contributed by atoms with Crippen molar-refractivity contribution in [2.75, 3.05) is 0 Å². The highest BCUT2D eigenvalue weighted by Gasteiger charge is 2.44. The molecule has 4 rings (SSSR count). The lowest BCUT2D eigenvalue weighted by Gasteiger charge is -2.40. The Morgan fingerprint density at radius 2 is 1.81 bits per heavy atom. The second kappa shape index (κ2) is 7.10. The molecule has 2 saturated heterocycles. The van der Waals surface area contributed by atoms with E-state index in [9.17, 15) is 9.18 Å². The molecule has 2 aliphatic heterocycles. The van der Waals surface area contributed by atoms with Crippen LogP contribution in [0.4, 0.5) is 4.39 Å². The molecule has 1 aromatic heterocycles. The van der Waals surface area contributed by atoms with E-state index in [0.29, 0.717) is 24.5 Å². The summed E-state index contributed by atoms with van der Waals surface area (Å²) in [6.07, 6.45) is 4.14. The average Bonchev–Trinajstić information content (AvgIpc) is 3.09. The van der Waals surface area contributed by atoms with Gasteiger partial charge in [0.05, 0.1) is 18.2 Å². The fourth-order valence-electron chi connectivity index (χ4n) is 5.00. The van der Waals surface area contributed by atoms with E-state index in [-0.39, 0.29) is 17.6 Å². The van der Waals surface area contributed by atoms with E-state index in [2.05, 4.69) is 16.1 Å². The van der Waals surface area contributed by atoms with Crippen molar-refractivity contribution in [3.05, 3.63) is 53.1 Å². The zero-order valence-electron chi connectivity index (χ0n) is 16.4. The topological polar surface area (TPSA) is 38.1 Å². The van der Waals surface area contributed by atoms with Crippen molar-refractivity contribution >= 4 is 5.91 Å². The van der Waals surface area contributed by atoms with Gasteiger partial charge in [-0.25, -0.2) is 4.39 Å². The predicted molar refractivity (Wildman–Crippen MR) is 103 cm³/mol. The Labute approximate surface area is 160 Å². The van der Waals surface area contributed by atoms with E-state index >= 15 is 0 Å². The first-order valence-electron chi connectivity index (χ1n) is 10.0. The highest BCUT2D eigenvalue weighted by atomic mass is 19.1. The van der Waals surface area contributed by atoms with Crippen LogP contribution in [0.15, 0.2) is 30.3 Å². The van der Waals surface area contributed by atoms with Crippen LogP contribution in [0.1, 0.15) is 55.5 Å². The zero-order valence-corrected chi connectivity index (χ0v) is 16.4. The maximum atomic E-state index is 13.2. The number of piperidine rings is 1. The number of aromatic nitrogens is 2. The molecule has 0 saturated carbocycles. The van der Waals surface area contributed by atoms with Crippen molar-refractivity contribution in [2.45, 2.75) is 71.0 Å². The van der Waals surface area contributed by atoms with Crippen LogP contribution >= 0.6 is 0 Å². The second-order valence-electron chi connectivity index (χ2n) is 8.36. The molecule has 3 heterocycles. The number of hydrogen-bond donors (Lipinski definition) is 0. The van der Waals surface area contributed by atoms with Gasteiger partial charge < -0.3 is 4.90 Å². The number of hydrogen-bond acceptors (Lipinski definition) is 2. The Kier molecular flexibility index (Phi) is 4.79. The van der Waals surface area contributed by atoms with Gasteiger partial charge in [0, 0.05) is 17.8 Å². The highest BCUT2D eigenvalue weighted by Crippen LogP contribution is 2.43. The minimum atomic E-state index is -0.188. The third-order valence-electron chi connectivity index (χ3n) is 6.30. The third kappa shape index (κ3) is 3.52. The number of carbonyl (C=O) groups excluding carboxylic acids is 1. The summed E-state index contributed by atoms with van der Waals surface area (Å²) in [5, 5.41) is 4.51.